The topological polar surface area (TPSA) is 71.2 Å². The highest BCUT2D eigenvalue weighted by atomic mass is 19.1. The Bertz CT molecular complexity index is 889. The van der Waals surface area contributed by atoms with Crippen LogP contribution in [0.4, 0.5) is 4.39 Å². The van der Waals surface area contributed by atoms with Crippen LogP contribution in [0.1, 0.15) is 49.1 Å². The molecule has 2 aromatic rings. The first-order valence-electron chi connectivity index (χ1n) is 9.38. The Morgan fingerprint density at radius 2 is 2.04 bits per heavy atom. The lowest BCUT2D eigenvalue weighted by Crippen LogP contribution is -2.29. The highest BCUT2D eigenvalue weighted by Gasteiger charge is 2.17. The molecule has 27 heavy (non-hydrogen) atoms. The van der Waals surface area contributed by atoms with E-state index in [0.29, 0.717) is 16.9 Å². The third-order valence-corrected chi connectivity index (χ3v) is 4.68. The highest BCUT2D eigenvalue weighted by molar-refractivity contribution is 5.78. The summed E-state index contributed by atoms with van der Waals surface area (Å²) in [4.78, 5) is 27.9. The summed E-state index contributed by atoms with van der Waals surface area (Å²) in [6.45, 7) is 3.80. The van der Waals surface area contributed by atoms with Crippen molar-refractivity contribution in [3.8, 4) is 5.75 Å². The van der Waals surface area contributed by atoms with Gasteiger partial charge in [-0.15, -0.1) is 0 Å². The molecule has 2 N–H and O–H groups in total. The van der Waals surface area contributed by atoms with Crippen molar-refractivity contribution in [2.75, 3.05) is 0 Å². The van der Waals surface area contributed by atoms with E-state index in [0.717, 1.165) is 36.9 Å². The first kappa shape index (κ1) is 19.1. The number of aromatic nitrogens is 1. The molecule has 0 saturated carbocycles. The Morgan fingerprint density at radius 3 is 2.78 bits per heavy atom. The van der Waals surface area contributed by atoms with Crippen molar-refractivity contribution in [2.45, 2.75) is 58.6 Å². The number of pyridine rings is 1. The van der Waals surface area contributed by atoms with E-state index in [1.54, 1.807) is 18.3 Å². The summed E-state index contributed by atoms with van der Waals surface area (Å²) in [6, 6.07) is 4.59. The third kappa shape index (κ3) is 4.76. The van der Waals surface area contributed by atoms with Crippen LogP contribution in [0.3, 0.4) is 0 Å². The van der Waals surface area contributed by atoms with Gasteiger partial charge in [-0.25, -0.2) is 4.39 Å². The van der Waals surface area contributed by atoms with Crippen molar-refractivity contribution in [1.29, 1.82) is 0 Å². The summed E-state index contributed by atoms with van der Waals surface area (Å²) in [5.74, 6) is -0.281. The number of ether oxygens (including phenoxy) is 1. The monoisotopic (exact) mass is 372 g/mol. The van der Waals surface area contributed by atoms with Gasteiger partial charge in [0.1, 0.15) is 11.6 Å². The fourth-order valence-electron chi connectivity index (χ4n) is 3.33. The van der Waals surface area contributed by atoms with Gasteiger partial charge in [0.05, 0.1) is 12.5 Å². The van der Waals surface area contributed by atoms with Crippen molar-refractivity contribution >= 4 is 5.91 Å². The van der Waals surface area contributed by atoms with Crippen LogP contribution in [0.15, 0.2) is 29.2 Å². The summed E-state index contributed by atoms with van der Waals surface area (Å²) in [6.07, 6.45) is 5.30. The Morgan fingerprint density at radius 1 is 1.26 bits per heavy atom. The number of amides is 1. The largest absolute Gasteiger partial charge is 0.491 e. The van der Waals surface area contributed by atoms with Gasteiger partial charge < -0.3 is 15.0 Å². The van der Waals surface area contributed by atoms with Gasteiger partial charge in [-0.1, -0.05) is 6.07 Å². The molecule has 0 radical (unpaired) electrons. The number of nitrogens with one attached hydrogen (secondary N) is 2. The number of hydrogen-bond donors (Lipinski definition) is 2. The summed E-state index contributed by atoms with van der Waals surface area (Å²) in [5.41, 5.74) is 2.58. The summed E-state index contributed by atoms with van der Waals surface area (Å²) >= 11 is 0. The van der Waals surface area contributed by atoms with Crippen LogP contribution in [-0.2, 0) is 30.6 Å². The van der Waals surface area contributed by atoms with E-state index < -0.39 is 5.82 Å². The van der Waals surface area contributed by atoms with Crippen molar-refractivity contribution in [2.24, 2.45) is 0 Å². The molecule has 3 rings (SSSR count). The standard InChI is InChI=1S/C21H25FN2O3/c1-13(2)27-16-8-7-14(18(22)10-16)11-24-20(25)9-15-12-23-19-6-4-3-5-17(19)21(15)26/h7-8,10,12-13H,3-6,9,11H2,1-2H3,(H,23,26)(H,24,25). The minimum absolute atomic E-state index is 0.0151. The lowest BCUT2D eigenvalue weighted by Gasteiger charge is -2.15. The SMILES string of the molecule is CC(C)Oc1ccc(CNC(=O)Cc2c[nH]c3c(c2=O)CCCC3)c(F)c1. The molecular formula is C21H25FN2O3. The van der Waals surface area contributed by atoms with Crippen LogP contribution in [0.5, 0.6) is 5.75 Å². The minimum atomic E-state index is -0.430. The van der Waals surface area contributed by atoms with Gasteiger partial charge in [0, 0.05) is 41.2 Å². The predicted octanol–water partition coefficient (Wildman–Crippen LogP) is 3.04. The van der Waals surface area contributed by atoms with Gasteiger partial charge in [-0.05, 0) is 45.6 Å². The summed E-state index contributed by atoms with van der Waals surface area (Å²) < 4.78 is 19.6. The average molecular weight is 372 g/mol. The molecule has 0 fully saturated rings. The van der Waals surface area contributed by atoms with E-state index >= 15 is 0 Å². The molecule has 144 valence electrons. The second kappa shape index (κ2) is 8.37. The van der Waals surface area contributed by atoms with Crippen LogP contribution in [0.2, 0.25) is 0 Å². The van der Waals surface area contributed by atoms with Crippen molar-refractivity contribution in [1.82, 2.24) is 10.3 Å². The normalized spacial score (nSPS) is 13.3. The number of H-pyrrole nitrogens is 1. The maximum absolute atomic E-state index is 14.1. The zero-order valence-corrected chi connectivity index (χ0v) is 15.7. The van der Waals surface area contributed by atoms with E-state index in [-0.39, 0.29) is 30.4 Å². The zero-order valence-electron chi connectivity index (χ0n) is 15.7. The Kier molecular flexibility index (Phi) is 5.94. The molecule has 0 bridgehead atoms. The first-order valence-corrected chi connectivity index (χ1v) is 9.38. The molecule has 1 aromatic carbocycles. The van der Waals surface area contributed by atoms with Crippen molar-refractivity contribution < 1.29 is 13.9 Å². The third-order valence-electron chi connectivity index (χ3n) is 4.68. The van der Waals surface area contributed by atoms with Crippen molar-refractivity contribution in [3.05, 3.63) is 62.8 Å². The number of halogens is 1. The molecule has 0 atom stereocenters. The van der Waals surface area contributed by atoms with Crippen LogP contribution < -0.4 is 15.5 Å². The quantitative estimate of drug-likeness (QED) is 0.819. The number of aromatic amines is 1. The van der Waals surface area contributed by atoms with Crippen LogP contribution in [0, 0.1) is 5.82 Å². The fourth-order valence-corrected chi connectivity index (χ4v) is 3.33. The lowest BCUT2D eigenvalue weighted by molar-refractivity contribution is -0.120. The van der Waals surface area contributed by atoms with Crippen LogP contribution in [-0.4, -0.2) is 17.0 Å². The number of benzene rings is 1. The molecule has 0 saturated heterocycles. The van der Waals surface area contributed by atoms with E-state index in [1.165, 1.54) is 6.07 Å². The zero-order chi connectivity index (χ0) is 19.4. The second-order valence-corrected chi connectivity index (χ2v) is 7.18. The average Bonchev–Trinajstić information content (AvgIpc) is 2.63. The van der Waals surface area contributed by atoms with E-state index in [2.05, 4.69) is 10.3 Å². The summed E-state index contributed by atoms with van der Waals surface area (Å²) in [5, 5.41) is 2.68. The van der Waals surface area contributed by atoms with Gasteiger partial charge in [-0.2, -0.15) is 0 Å². The summed E-state index contributed by atoms with van der Waals surface area (Å²) in [7, 11) is 0. The lowest BCUT2D eigenvalue weighted by atomic mass is 9.94. The fraction of sp³-hybridized carbons (Fsp3) is 0.429. The smallest absolute Gasteiger partial charge is 0.224 e. The van der Waals surface area contributed by atoms with Crippen LogP contribution >= 0.6 is 0 Å². The number of fused-ring (bicyclic) bond motifs is 1. The highest BCUT2D eigenvalue weighted by Crippen LogP contribution is 2.18. The van der Waals surface area contributed by atoms with Gasteiger partial charge >= 0.3 is 0 Å². The second-order valence-electron chi connectivity index (χ2n) is 7.18. The Hall–Kier alpha value is -2.63. The van der Waals surface area contributed by atoms with Gasteiger partial charge in [0.15, 0.2) is 5.43 Å². The molecule has 0 unspecified atom stereocenters. The van der Waals surface area contributed by atoms with Gasteiger partial charge in [0.2, 0.25) is 5.91 Å². The molecule has 1 aromatic heterocycles. The number of carbonyl (C=O) groups excluding carboxylic acids is 1. The molecule has 1 heterocycles. The Balaban J connectivity index is 1.61. The van der Waals surface area contributed by atoms with Gasteiger partial charge in [-0.3, -0.25) is 9.59 Å². The molecule has 6 heteroatoms. The molecule has 1 amide bonds. The van der Waals surface area contributed by atoms with Gasteiger partial charge in [0.25, 0.3) is 0 Å². The molecule has 1 aliphatic rings. The van der Waals surface area contributed by atoms with Crippen molar-refractivity contribution in [3.63, 3.8) is 0 Å². The van der Waals surface area contributed by atoms with E-state index in [4.69, 9.17) is 4.74 Å². The molecular weight excluding hydrogens is 347 g/mol. The molecule has 0 spiro atoms. The Labute approximate surface area is 158 Å². The predicted molar refractivity (Wildman–Crippen MR) is 101 cm³/mol. The maximum Gasteiger partial charge on any atom is 0.224 e. The number of rotatable bonds is 6. The molecule has 1 aliphatic carbocycles. The van der Waals surface area contributed by atoms with Crippen LogP contribution in [0.25, 0.3) is 0 Å². The number of aryl methyl sites for hydroxylation is 1. The molecule has 0 aliphatic heterocycles. The van der Waals surface area contributed by atoms with E-state index in [1.807, 2.05) is 13.8 Å². The van der Waals surface area contributed by atoms with E-state index in [9.17, 15) is 14.0 Å². The minimum Gasteiger partial charge on any atom is -0.491 e. The molecule has 5 nitrogen and oxygen atoms in total. The number of carbonyl (C=O) groups is 1. The number of hydrogen-bond acceptors (Lipinski definition) is 3. The maximum atomic E-state index is 14.1. The first-order chi connectivity index (χ1) is 12.9.